The molecule has 0 bridgehead atoms. The number of nitrogens with zero attached hydrogens (tertiary/aromatic N) is 1. The summed E-state index contributed by atoms with van der Waals surface area (Å²) in [5.41, 5.74) is 0.736. The SMILES string of the molecule is COc1ccc(Br)cc1C=C(C#N)C(=O)Nc1ccc(S(N)(=O)=O)cc1. The molecule has 0 aromatic heterocycles. The Morgan fingerprint density at radius 3 is 2.46 bits per heavy atom. The third-order valence-corrected chi connectivity index (χ3v) is 4.72. The average molecular weight is 436 g/mol. The molecule has 9 heteroatoms. The van der Waals surface area contributed by atoms with E-state index >= 15 is 0 Å². The maximum absolute atomic E-state index is 12.3. The fraction of sp³-hybridized carbons (Fsp3) is 0.0588. The summed E-state index contributed by atoms with van der Waals surface area (Å²) in [7, 11) is -2.33. The number of nitriles is 1. The van der Waals surface area contributed by atoms with Crippen LogP contribution in [0.4, 0.5) is 5.69 Å². The maximum Gasteiger partial charge on any atom is 0.266 e. The summed E-state index contributed by atoms with van der Waals surface area (Å²) < 4.78 is 28.4. The van der Waals surface area contributed by atoms with E-state index in [0.29, 0.717) is 17.0 Å². The number of halogens is 1. The van der Waals surface area contributed by atoms with Crippen molar-refractivity contribution in [3.8, 4) is 11.8 Å². The van der Waals surface area contributed by atoms with Gasteiger partial charge in [0.2, 0.25) is 10.0 Å². The van der Waals surface area contributed by atoms with Crippen molar-refractivity contribution in [1.29, 1.82) is 5.26 Å². The van der Waals surface area contributed by atoms with Crippen LogP contribution in [-0.4, -0.2) is 21.4 Å². The molecule has 2 aromatic rings. The number of benzene rings is 2. The van der Waals surface area contributed by atoms with Crippen molar-refractivity contribution in [2.75, 3.05) is 12.4 Å². The van der Waals surface area contributed by atoms with E-state index in [-0.39, 0.29) is 10.5 Å². The first-order valence-corrected chi connectivity index (χ1v) is 9.48. The number of nitrogens with one attached hydrogen (secondary N) is 1. The van der Waals surface area contributed by atoms with Gasteiger partial charge in [-0.2, -0.15) is 5.26 Å². The molecule has 0 aliphatic rings. The second kappa shape index (κ2) is 8.14. The quantitative estimate of drug-likeness (QED) is 0.551. The first-order valence-electron chi connectivity index (χ1n) is 7.14. The zero-order valence-corrected chi connectivity index (χ0v) is 16.0. The summed E-state index contributed by atoms with van der Waals surface area (Å²) in [4.78, 5) is 12.2. The van der Waals surface area contributed by atoms with E-state index in [9.17, 15) is 18.5 Å². The summed E-state index contributed by atoms with van der Waals surface area (Å²) in [6, 6.07) is 12.3. The van der Waals surface area contributed by atoms with E-state index in [1.807, 2.05) is 6.07 Å². The summed E-state index contributed by atoms with van der Waals surface area (Å²) in [5.74, 6) is -0.135. The molecule has 7 nitrogen and oxygen atoms in total. The molecule has 0 aliphatic carbocycles. The Morgan fingerprint density at radius 2 is 1.92 bits per heavy atom. The lowest BCUT2D eigenvalue weighted by molar-refractivity contribution is -0.112. The molecule has 1 amide bonds. The summed E-state index contributed by atoms with van der Waals surface area (Å²) >= 11 is 3.32. The van der Waals surface area contributed by atoms with Gasteiger partial charge in [0.25, 0.3) is 5.91 Å². The number of carbonyl (C=O) groups excluding carboxylic acids is 1. The highest BCUT2D eigenvalue weighted by molar-refractivity contribution is 9.10. The Hall–Kier alpha value is -2.67. The van der Waals surface area contributed by atoms with Crippen LogP contribution in [0.1, 0.15) is 5.56 Å². The predicted molar refractivity (Wildman–Crippen MR) is 101 cm³/mol. The van der Waals surface area contributed by atoms with Crippen molar-refractivity contribution in [3.05, 3.63) is 58.1 Å². The fourth-order valence-electron chi connectivity index (χ4n) is 2.05. The number of ether oxygens (including phenoxy) is 1. The molecule has 134 valence electrons. The first-order chi connectivity index (χ1) is 12.2. The van der Waals surface area contributed by atoms with Gasteiger partial charge < -0.3 is 10.1 Å². The van der Waals surface area contributed by atoms with Crippen molar-refractivity contribution in [3.63, 3.8) is 0 Å². The van der Waals surface area contributed by atoms with Crippen molar-refractivity contribution in [2.45, 2.75) is 4.90 Å². The number of rotatable bonds is 5. The summed E-state index contributed by atoms with van der Waals surface area (Å²) in [6.45, 7) is 0. The molecule has 0 atom stereocenters. The molecule has 0 saturated carbocycles. The second-order valence-electron chi connectivity index (χ2n) is 5.08. The molecule has 0 radical (unpaired) electrons. The van der Waals surface area contributed by atoms with Crippen LogP contribution in [0, 0.1) is 11.3 Å². The van der Waals surface area contributed by atoms with Gasteiger partial charge in [0.1, 0.15) is 17.4 Å². The molecule has 0 spiro atoms. The molecule has 2 aromatic carbocycles. The number of nitrogens with two attached hydrogens (primary N) is 1. The van der Waals surface area contributed by atoms with E-state index < -0.39 is 15.9 Å². The number of carbonyl (C=O) groups is 1. The topological polar surface area (TPSA) is 122 Å². The Kier molecular flexibility index (Phi) is 6.15. The zero-order chi connectivity index (χ0) is 19.3. The number of amides is 1. The predicted octanol–water partition coefficient (Wildman–Crippen LogP) is 2.65. The standard InChI is InChI=1S/C17H14BrN3O4S/c1-25-16-7-2-13(18)9-11(16)8-12(10-19)17(22)21-14-3-5-15(6-4-14)26(20,23)24/h2-9H,1H3,(H,21,22)(H2,20,23,24). The number of hydrogen-bond donors (Lipinski definition) is 2. The van der Waals surface area contributed by atoms with Gasteiger partial charge >= 0.3 is 0 Å². The molecule has 0 unspecified atom stereocenters. The largest absolute Gasteiger partial charge is 0.496 e. The molecule has 0 saturated heterocycles. The Balaban J connectivity index is 2.27. The third kappa shape index (κ3) is 4.92. The van der Waals surface area contributed by atoms with E-state index in [1.165, 1.54) is 37.5 Å². The van der Waals surface area contributed by atoms with Crippen molar-refractivity contribution in [1.82, 2.24) is 0 Å². The summed E-state index contributed by atoms with van der Waals surface area (Å²) in [6.07, 6.45) is 1.40. The Morgan fingerprint density at radius 1 is 1.27 bits per heavy atom. The first kappa shape index (κ1) is 19.7. The lowest BCUT2D eigenvalue weighted by Gasteiger charge is -2.07. The second-order valence-corrected chi connectivity index (χ2v) is 7.56. The number of hydrogen-bond acceptors (Lipinski definition) is 5. The summed E-state index contributed by atoms with van der Waals surface area (Å²) in [5, 5.41) is 16.8. The zero-order valence-electron chi connectivity index (χ0n) is 13.6. The minimum atomic E-state index is -3.82. The van der Waals surface area contributed by atoms with Crippen LogP contribution in [0.3, 0.4) is 0 Å². The highest BCUT2D eigenvalue weighted by Gasteiger charge is 2.13. The normalized spacial score (nSPS) is 11.5. The van der Waals surface area contributed by atoms with Gasteiger partial charge in [0, 0.05) is 15.7 Å². The van der Waals surface area contributed by atoms with Crippen LogP contribution in [0.5, 0.6) is 5.75 Å². The lowest BCUT2D eigenvalue weighted by Crippen LogP contribution is -2.14. The smallest absolute Gasteiger partial charge is 0.266 e. The van der Waals surface area contributed by atoms with E-state index in [4.69, 9.17) is 9.88 Å². The van der Waals surface area contributed by atoms with Gasteiger partial charge in [-0.3, -0.25) is 4.79 Å². The van der Waals surface area contributed by atoms with Crippen LogP contribution in [0.25, 0.3) is 6.08 Å². The van der Waals surface area contributed by atoms with Gasteiger partial charge in [-0.1, -0.05) is 15.9 Å². The number of anilines is 1. The molecular weight excluding hydrogens is 422 g/mol. The molecule has 2 rings (SSSR count). The van der Waals surface area contributed by atoms with Crippen molar-refractivity contribution in [2.24, 2.45) is 5.14 Å². The van der Waals surface area contributed by atoms with Gasteiger partial charge in [-0.15, -0.1) is 0 Å². The highest BCUT2D eigenvalue weighted by atomic mass is 79.9. The molecule has 0 fully saturated rings. The van der Waals surface area contributed by atoms with Gasteiger partial charge in [-0.25, -0.2) is 13.6 Å². The molecular formula is C17H14BrN3O4S. The van der Waals surface area contributed by atoms with Crippen molar-refractivity contribution >= 4 is 43.6 Å². The number of methoxy groups -OCH3 is 1. The van der Waals surface area contributed by atoms with E-state index in [1.54, 1.807) is 18.2 Å². The molecule has 3 N–H and O–H groups in total. The van der Waals surface area contributed by atoms with E-state index in [0.717, 1.165) is 4.47 Å². The Bertz CT molecular complexity index is 1010. The molecule has 0 heterocycles. The fourth-order valence-corrected chi connectivity index (χ4v) is 2.94. The minimum absolute atomic E-state index is 0.0783. The maximum atomic E-state index is 12.3. The van der Waals surface area contributed by atoms with E-state index in [2.05, 4.69) is 21.2 Å². The average Bonchev–Trinajstić information content (AvgIpc) is 2.59. The number of primary sulfonamides is 1. The van der Waals surface area contributed by atoms with Crippen LogP contribution in [0.2, 0.25) is 0 Å². The molecule has 0 aliphatic heterocycles. The third-order valence-electron chi connectivity index (χ3n) is 3.30. The van der Waals surface area contributed by atoms with Gasteiger partial charge in [0.05, 0.1) is 12.0 Å². The van der Waals surface area contributed by atoms with Gasteiger partial charge in [0.15, 0.2) is 0 Å². The lowest BCUT2D eigenvalue weighted by atomic mass is 10.1. The minimum Gasteiger partial charge on any atom is -0.496 e. The van der Waals surface area contributed by atoms with Crippen LogP contribution < -0.4 is 15.2 Å². The van der Waals surface area contributed by atoms with Crippen LogP contribution >= 0.6 is 15.9 Å². The van der Waals surface area contributed by atoms with Gasteiger partial charge in [-0.05, 0) is 48.5 Å². The van der Waals surface area contributed by atoms with Crippen LogP contribution in [0.15, 0.2) is 57.4 Å². The molecule has 26 heavy (non-hydrogen) atoms. The number of sulfonamides is 1. The van der Waals surface area contributed by atoms with Crippen molar-refractivity contribution < 1.29 is 17.9 Å². The van der Waals surface area contributed by atoms with Crippen LogP contribution in [-0.2, 0) is 14.8 Å². The highest BCUT2D eigenvalue weighted by Crippen LogP contribution is 2.25. The Labute approximate surface area is 159 Å². The monoisotopic (exact) mass is 435 g/mol.